The number of aromatic hydroxyl groups is 1. The maximum absolute atomic E-state index is 12.1. The van der Waals surface area contributed by atoms with Crippen molar-refractivity contribution in [1.29, 1.82) is 0 Å². The lowest BCUT2D eigenvalue weighted by atomic mass is 10.1. The van der Waals surface area contributed by atoms with Gasteiger partial charge in [-0.1, -0.05) is 12.1 Å². The maximum Gasteiger partial charge on any atom is 0.253 e. The molecule has 0 spiro atoms. The van der Waals surface area contributed by atoms with Gasteiger partial charge in [0, 0.05) is 12.5 Å². The predicted octanol–water partition coefficient (Wildman–Crippen LogP) is 1.68. The smallest absolute Gasteiger partial charge is 0.253 e. The number of nitrogens with one attached hydrogen (secondary N) is 1. The summed E-state index contributed by atoms with van der Waals surface area (Å²) in [4.78, 5) is 15.9. The summed E-state index contributed by atoms with van der Waals surface area (Å²) < 4.78 is 22.6. The molecule has 2 N–H and O–H groups in total. The Labute approximate surface area is 128 Å². The van der Waals surface area contributed by atoms with Crippen molar-refractivity contribution in [3.63, 3.8) is 0 Å². The zero-order valence-corrected chi connectivity index (χ0v) is 13.0. The maximum atomic E-state index is 12.1. The molecule has 116 valence electrons. The fraction of sp³-hybridized carbons (Fsp3) is 0.200. The zero-order chi connectivity index (χ0) is 16.3. The highest BCUT2D eigenvalue weighted by molar-refractivity contribution is 7.90. The van der Waals surface area contributed by atoms with E-state index in [-0.39, 0.29) is 28.3 Å². The number of carbonyl (C=O) groups excluding carboxylic acids is 1. The van der Waals surface area contributed by atoms with Crippen LogP contribution in [0.1, 0.15) is 28.9 Å². The lowest BCUT2D eigenvalue weighted by molar-refractivity contribution is 0.0939. The molecular formula is C15H16N2O4S. The molecule has 0 aliphatic rings. The summed E-state index contributed by atoms with van der Waals surface area (Å²) in [7, 11) is -3.39. The third-order valence-electron chi connectivity index (χ3n) is 3.10. The number of carbonyl (C=O) groups is 1. The number of aromatic nitrogens is 1. The Morgan fingerprint density at radius 1 is 1.27 bits per heavy atom. The van der Waals surface area contributed by atoms with Crippen LogP contribution in [0.15, 0.2) is 47.6 Å². The molecule has 1 heterocycles. The molecule has 7 heteroatoms. The van der Waals surface area contributed by atoms with Gasteiger partial charge < -0.3 is 10.4 Å². The van der Waals surface area contributed by atoms with Gasteiger partial charge in [-0.05, 0) is 36.8 Å². The minimum Gasteiger partial charge on any atom is -0.508 e. The van der Waals surface area contributed by atoms with Crippen LogP contribution in [0.2, 0.25) is 0 Å². The number of hydrogen-bond donors (Lipinski definition) is 2. The Kier molecular flexibility index (Phi) is 4.46. The Hall–Kier alpha value is -2.41. The van der Waals surface area contributed by atoms with E-state index in [1.807, 2.05) is 0 Å². The first-order valence-electron chi connectivity index (χ1n) is 6.53. The first-order chi connectivity index (χ1) is 10.3. The van der Waals surface area contributed by atoms with Crippen molar-refractivity contribution in [1.82, 2.24) is 10.3 Å². The highest BCUT2D eigenvalue weighted by atomic mass is 32.2. The van der Waals surface area contributed by atoms with Gasteiger partial charge in [0.15, 0.2) is 14.9 Å². The van der Waals surface area contributed by atoms with Crippen molar-refractivity contribution in [2.75, 3.05) is 6.26 Å². The molecule has 1 aromatic carbocycles. The Balaban J connectivity index is 2.12. The average molecular weight is 320 g/mol. The van der Waals surface area contributed by atoms with E-state index in [0.717, 1.165) is 11.8 Å². The topological polar surface area (TPSA) is 96.4 Å². The van der Waals surface area contributed by atoms with E-state index in [1.165, 1.54) is 18.3 Å². The van der Waals surface area contributed by atoms with Crippen molar-refractivity contribution in [2.24, 2.45) is 0 Å². The summed E-state index contributed by atoms with van der Waals surface area (Å²) in [6.45, 7) is 1.78. The minimum absolute atomic E-state index is 0.0786. The number of nitrogens with zero attached hydrogens (tertiary/aromatic N) is 1. The highest BCUT2D eigenvalue weighted by Gasteiger charge is 2.14. The number of sulfone groups is 1. The molecule has 0 bridgehead atoms. The van der Waals surface area contributed by atoms with Gasteiger partial charge in [0.1, 0.15) is 5.75 Å². The van der Waals surface area contributed by atoms with Crippen molar-refractivity contribution < 1.29 is 18.3 Å². The molecular weight excluding hydrogens is 304 g/mol. The molecule has 0 fully saturated rings. The summed E-state index contributed by atoms with van der Waals surface area (Å²) in [5.41, 5.74) is 1.02. The Bertz CT molecular complexity index is 785. The van der Waals surface area contributed by atoms with Crippen LogP contribution in [0, 0.1) is 0 Å². The Morgan fingerprint density at radius 3 is 2.55 bits per heavy atom. The third-order valence-corrected chi connectivity index (χ3v) is 4.10. The van der Waals surface area contributed by atoms with Gasteiger partial charge >= 0.3 is 0 Å². The Morgan fingerprint density at radius 2 is 2.00 bits per heavy atom. The summed E-state index contributed by atoms with van der Waals surface area (Å²) in [5, 5.41) is 12.1. The summed E-state index contributed by atoms with van der Waals surface area (Å²) >= 11 is 0. The monoisotopic (exact) mass is 320 g/mol. The second-order valence-corrected chi connectivity index (χ2v) is 6.91. The summed E-state index contributed by atoms with van der Waals surface area (Å²) in [6.07, 6.45) is 2.28. The number of rotatable bonds is 4. The fourth-order valence-corrected chi connectivity index (χ4v) is 2.45. The van der Waals surface area contributed by atoms with Crippen LogP contribution in [-0.4, -0.2) is 30.7 Å². The van der Waals surface area contributed by atoms with Gasteiger partial charge in [-0.3, -0.25) is 4.79 Å². The van der Waals surface area contributed by atoms with Crippen molar-refractivity contribution >= 4 is 15.7 Å². The number of amides is 1. The number of pyridine rings is 1. The molecule has 1 unspecified atom stereocenters. The summed E-state index contributed by atoms with van der Waals surface area (Å²) in [6, 6.07) is 8.99. The highest BCUT2D eigenvalue weighted by Crippen LogP contribution is 2.18. The van der Waals surface area contributed by atoms with E-state index in [9.17, 15) is 18.3 Å². The largest absolute Gasteiger partial charge is 0.508 e. The van der Waals surface area contributed by atoms with Crippen molar-refractivity contribution in [3.8, 4) is 5.75 Å². The molecule has 22 heavy (non-hydrogen) atoms. The molecule has 6 nitrogen and oxygen atoms in total. The van der Waals surface area contributed by atoms with Crippen LogP contribution in [0.5, 0.6) is 5.75 Å². The number of hydrogen-bond acceptors (Lipinski definition) is 5. The van der Waals surface area contributed by atoms with Gasteiger partial charge in [-0.25, -0.2) is 13.4 Å². The van der Waals surface area contributed by atoms with E-state index >= 15 is 0 Å². The minimum atomic E-state index is -3.39. The van der Waals surface area contributed by atoms with E-state index in [4.69, 9.17) is 0 Å². The first kappa shape index (κ1) is 16.0. The molecule has 0 saturated heterocycles. The van der Waals surface area contributed by atoms with Crippen LogP contribution < -0.4 is 5.32 Å². The van der Waals surface area contributed by atoms with Gasteiger partial charge in [-0.2, -0.15) is 0 Å². The first-order valence-corrected chi connectivity index (χ1v) is 8.42. The van der Waals surface area contributed by atoms with Crippen LogP contribution in [0.3, 0.4) is 0 Å². The molecule has 0 radical (unpaired) electrons. The van der Waals surface area contributed by atoms with E-state index < -0.39 is 9.84 Å². The molecule has 2 rings (SSSR count). The van der Waals surface area contributed by atoms with E-state index in [1.54, 1.807) is 31.2 Å². The van der Waals surface area contributed by atoms with Gasteiger partial charge in [0.25, 0.3) is 5.91 Å². The van der Waals surface area contributed by atoms with Crippen LogP contribution in [0.25, 0.3) is 0 Å². The quantitative estimate of drug-likeness (QED) is 0.893. The van der Waals surface area contributed by atoms with Crippen molar-refractivity contribution in [3.05, 3.63) is 53.7 Å². The number of benzene rings is 1. The lowest BCUT2D eigenvalue weighted by Gasteiger charge is -2.14. The van der Waals surface area contributed by atoms with E-state index in [2.05, 4.69) is 10.3 Å². The third kappa shape index (κ3) is 3.82. The average Bonchev–Trinajstić information content (AvgIpc) is 2.46. The number of phenols is 1. The molecule has 1 amide bonds. The SMILES string of the molecule is CC(NC(=O)c1ccc(S(C)(=O)=O)nc1)c1cccc(O)c1. The molecule has 0 aliphatic carbocycles. The number of phenolic OH excluding ortho intramolecular Hbond substituents is 1. The van der Waals surface area contributed by atoms with Crippen LogP contribution in [0.4, 0.5) is 0 Å². The van der Waals surface area contributed by atoms with Gasteiger partial charge in [-0.15, -0.1) is 0 Å². The molecule has 0 saturated carbocycles. The lowest BCUT2D eigenvalue weighted by Crippen LogP contribution is -2.26. The molecule has 1 aromatic heterocycles. The van der Waals surface area contributed by atoms with Crippen molar-refractivity contribution in [2.45, 2.75) is 18.0 Å². The molecule has 1 atom stereocenters. The molecule has 2 aromatic rings. The second kappa shape index (κ2) is 6.15. The fourth-order valence-electron chi connectivity index (χ4n) is 1.89. The predicted molar refractivity (Wildman–Crippen MR) is 81.3 cm³/mol. The summed E-state index contributed by atoms with van der Waals surface area (Å²) in [5.74, 6) is -0.249. The standard InChI is InChI=1S/C15H16N2O4S/c1-10(11-4-3-5-13(18)8-11)17-15(19)12-6-7-14(16-9-12)22(2,20)21/h3-10,18H,1-2H3,(H,17,19). The van der Waals surface area contributed by atoms with Gasteiger partial charge in [0.2, 0.25) is 0 Å². The van der Waals surface area contributed by atoms with Crippen LogP contribution >= 0.6 is 0 Å². The second-order valence-electron chi connectivity index (χ2n) is 4.95. The zero-order valence-electron chi connectivity index (χ0n) is 12.1. The van der Waals surface area contributed by atoms with E-state index in [0.29, 0.717) is 0 Å². The van der Waals surface area contributed by atoms with Crippen LogP contribution in [-0.2, 0) is 9.84 Å². The molecule has 0 aliphatic heterocycles. The van der Waals surface area contributed by atoms with Gasteiger partial charge in [0.05, 0.1) is 11.6 Å². The normalized spacial score (nSPS) is 12.6.